The second kappa shape index (κ2) is 8.10. The second-order valence-electron chi connectivity index (χ2n) is 4.17. The molecule has 94 valence electrons. The lowest BCUT2D eigenvalue weighted by Gasteiger charge is -2.14. The molecule has 16 heavy (non-hydrogen) atoms. The van der Waals surface area contributed by atoms with Crippen LogP contribution in [0.3, 0.4) is 0 Å². The molecule has 0 rings (SSSR count). The van der Waals surface area contributed by atoms with Gasteiger partial charge in [-0.15, -0.1) is 0 Å². The van der Waals surface area contributed by atoms with Crippen LogP contribution in [0, 0.1) is 5.92 Å². The van der Waals surface area contributed by atoms with Crippen LogP contribution in [0.15, 0.2) is 0 Å². The smallest absolute Gasteiger partial charge is 0.326 e. The molecule has 0 aliphatic carbocycles. The van der Waals surface area contributed by atoms with Gasteiger partial charge in [0.25, 0.3) is 0 Å². The number of carbonyl (C=O) groups is 2. The fraction of sp³-hybridized carbons (Fsp3) is 0.818. The average Bonchev–Trinajstić information content (AvgIpc) is 2.20. The Hall–Kier alpha value is -1.10. The largest absolute Gasteiger partial charge is 0.480 e. The van der Waals surface area contributed by atoms with Crippen molar-refractivity contribution in [2.24, 2.45) is 5.92 Å². The van der Waals surface area contributed by atoms with E-state index in [1.165, 1.54) is 7.11 Å². The van der Waals surface area contributed by atoms with E-state index < -0.39 is 12.0 Å². The van der Waals surface area contributed by atoms with Gasteiger partial charge in [-0.05, 0) is 12.3 Å². The van der Waals surface area contributed by atoms with Crippen molar-refractivity contribution in [3.8, 4) is 0 Å². The molecule has 0 aromatic heterocycles. The van der Waals surface area contributed by atoms with Gasteiger partial charge in [0.05, 0.1) is 0 Å². The van der Waals surface area contributed by atoms with E-state index >= 15 is 0 Å². The summed E-state index contributed by atoms with van der Waals surface area (Å²) in [7, 11) is 1.50. The van der Waals surface area contributed by atoms with Crippen molar-refractivity contribution >= 4 is 11.9 Å². The summed E-state index contributed by atoms with van der Waals surface area (Å²) < 4.78 is 4.79. The normalized spacial score (nSPS) is 12.5. The summed E-state index contributed by atoms with van der Waals surface area (Å²) in [5, 5.41) is 11.3. The Morgan fingerprint density at radius 1 is 1.31 bits per heavy atom. The maximum Gasteiger partial charge on any atom is 0.326 e. The van der Waals surface area contributed by atoms with Crippen molar-refractivity contribution in [3.05, 3.63) is 0 Å². The van der Waals surface area contributed by atoms with E-state index in [0.717, 1.165) is 6.42 Å². The van der Waals surface area contributed by atoms with E-state index in [9.17, 15) is 9.59 Å². The van der Waals surface area contributed by atoms with Gasteiger partial charge in [0.2, 0.25) is 5.91 Å². The minimum atomic E-state index is -1.02. The number of carbonyl (C=O) groups excluding carboxylic acids is 1. The van der Waals surface area contributed by atoms with Crippen LogP contribution in [0.4, 0.5) is 0 Å². The molecule has 0 radical (unpaired) electrons. The topological polar surface area (TPSA) is 75.6 Å². The highest BCUT2D eigenvalue weighted by Gasteiger charge is 2.19. The monoisotopic (exact) mass is 231 g/mol. The Morgan fingerprint density at radius 3 is 2.38 bits per heavy atom. The maximum absolute atomic E-state index is 11.4. The predicted octanol–water partition coefficient (Wildman–Crippen LogP) is 1.03. The molecule has 1 unspecified atom stereocenters. The first-order chi connectivity index (χ1) is 7.47. The summed E-state index contributed by atoms with van der Waals surface area (Å²) >= 11 is 0. The van der Waals surface area contributed by atoms with Gasteiger partial charge < -0.3 is 15.2 Å². The van der Waals surface area contributed by atoms with Crippen molar-refractivity contribution in [3.63, 3.8) is 0 Å². The van der Waals surface area contributed by atoms with Crippen LogP contribution in [-0.4, -0.2) is 36.7 Å². The number of carboxylic acid groups (broad SMARTS) is 1. The zero-order valence-corrected chi connectivity index (χ0v) is 10.2. The molecule has 0 saturated carbocycles. The quantitative estimate of drug-likeness (QED) is 0.654. The minimum Gasteiger partial charge on any atom is -0.480 e. The van der Waals surface area contributed by atoms with Crippen LogP contribution in [0.5, 0.6) is 0 Å². The molecule has 0 aliphatic rings. The number of methoxy groups -OCH3 is 1. The lowest BCUT2D eigenvalue weighted by Crippen LogP contribution is -2.41. The lowest BCUT2D eigenvalue weighted by molar-refractivity contribution is -0.142. The Morgan fingerprint density at radius 2 is 1.94 bits per heavy atom. The molecule has 0 heterocycles. The molecule has 1 amide bonds. The van der Waals surface area contributed by atoms with Crippen LogP contribution < -0.4 is 5.32 Å². The van der Waals surface area contributed by atoms with Gasteiger partial charge in [-0.1, -0.05) is 13.8 Å². The van der Waals surface area contributed by atoms with Crippen molar-refractivity contribution in [2.75, 3.05) is 13.7 Å². The van der Waals surface area contributed by atoms with Crippen molar-refractivity contribution in [1.82, 2.24) is 5.32 Å². The molecule has 0 aromatic carbocycles. The molecule has 5 heteroatoms. The zero-order chi connectivity index (χ0) is 12.6. The van der Waals surface area contributed by atoms with Gasteiger partial charge >= 0.3 is 5.97 Å². The molecule has 0 spiro atoms. The van der Waals surface area contributed by atoms with E-state index in [4.69, 9.17) is 9.84 Å². The summed E-state index contributed by atoms with van der Waals surface area (Å²) in [6.45, 7) is 4.36. The average molecular weight is 231 g/mol. The van der Waals surface area contributed by atoms with E-state index in [0.29, 0.717) is 25.4 Å². The fourth-order valence-corrected chi connectivity index (χ4v) is 1.18. The minimum absolute atomic E-state index is 0.211. The lowest BCUT2D eigenvalue weighted by atomic mass is 10.1. The van der Waals surface area contributed by atoms with Crippen molar-refractivity contribution in [1.29, 1.82) is 0 Å². The summed E-state index contributed by atoms with van der Waals surface area (Å²) in [6.07, 6.45) is 1.43. The molecule has 0 fully saturated rings. The van der Waals surface area contributed by atoms with Crippen LogP contribution >= 0.6 is 0 Å². The fourth-order valence-electron chi connectivity index (χ4n) is 1.18. The number of hydrogen-bond donors (Lipinski definition) is 2. The molecule has 0 aliphatic heterocycles. The summed E-state index contributed by atoms with van der Waals surface area (Å²) in [4.78, 5) is 22.2. The Kier molecular flexibility index (Phi) is 7.54. The van der Waals surface area contributed by atoms with E-state index in [2.05, 4.69) is 5.32 Å². The molecule has 0 aromatic rings. The predicted molar refractivity (Wildman–Crippen MR) is 60.1 cm³/mol. The van der Waals surface area contributed by atoms with Gasteiger partial charge in [-0.2, -0.15) is 0 Å². The number of ether oxygens (including phenoxy) is 1. The standard InChI is InChI=1S/C11H21NO4/c1-8(2)4-5-10(13)12-9(11(14)15)6-7-16-3/h8-9H,4-7H2,1-3H3,(H,12,13)(H,14,15). The number of hydrogen-bond acceptors (Lipinski definition) is 3. The number of amides is 1. The molecule has 0 saturated heterocycles. The summed E-state index contributed by atoms with van der Waals surface area (Å²) in [5.74, 6) is -0.792. The maximum atomic E-state index is 11.4. The first kappa shape index (κ1) is 14.9. The number of carboxylic acids is 1. The zero-order valence-electron chi connectivity index (χ0n) is 10.2. The summed E-state index contributed by atoms with van der Waals surface area (Å²) in [5.41, 5.74) is 0. The molecule has 1 atom stereocenters. The highest BCUT2D eigenvalue weighted by atomic mass is 16.5. The van der Waals surface area contributed by atoms with Gasteiger partial charge in [0, 0.05) is 26.6 Å². The molecular weight excluding hydrogens is 210 g/mol. The van der Waals surface area contributed by atoms with Crippen LogP contribution in [0.1, 0.15) is 33.1 Å². The van der Waals surface area contributed by atoms with E-state index in [1.54, 1.807) is 0 Å². The highest BCUT2D eigenvalue weighted by molar-refractivity contribution is 5.83. The second-order valence-corrected chi connectivity index (χ2v) is 4.17. The van der Waals surface area contributed by atoms with Crippen LogP contribution in [0.2, 0.25) is 0 Å². The van der Waals surface area contributed by atoms with E-state index in [-0.39, 0.29) is 5.91 Å². The van der Waals surface area contributed by atoms with Gasteiger partial charge in [-0.25, -0.2) is 4.79 Å². The Bertz CT molecular complexity index is 228. The number of aliphatic carboxylic acids is 1. The third kappa shape index (κ3) is 7.23. The van der Waals surface area contributed by atoms with Crippen molar-refractivity contribution in [2.45, 2.75) is 39.2 Å². The first-order valence-electron chi connectivity index (χ1n) is 5.48. The Balaban J connectivity index is 3.98. The molecule has 5 nitrogen and oxygen atoms in total. The highest BCUT2D eigenvalue weighted by Crippen LogP contribution is 2.03. The van der Waals surface area contributed by atoms with E-state index in [1.807, 2.05) is 13.8 Å². The third-order valence-electron chi connectivity index (χ3n) is 2.19. The summed E-state index contributed by atoms with van der Waals surface area (Å²) in [6, 6.07) is -0.848. The van der Waals surface area contributed by atoms with Crippen LogP contribution in [0.25, 0.3) is 0 Å². The SMILES string of the molecule is COCCC(NC(=O)CCC(C)C)C(=O)O. The molecule has 0 bridgehead atoms. The van der Waals surface area contributed by atoms with Crippen LogP contribution in [-0.2, 0) is 14.3 Å². The number of nitrogens with one attached hydrogen (secondary N) is 1. The number of rotatable bonds is 8. The van der Waals surface area contributed by atoms with Gasteiger partial charge in [-0.3, -0.25) is 4.79 Å². The molecular formula is C11H21NO4. The molecule has 2 N–H and O–H groups in total. The first-order valence-corrected chi connectivity index (χ1v) is 5.48. The van der Waals surface area contributed by atoms with Crippen molar-refractivity contribution < 1.29 is 19.4 Å². The van der Waals surface area contributed by atoms with Gasteiger partial charge in [0.1, 0.15) is 6.04 Å². The van der Waals surface area contributed by atoms with Gasteiger partial charge in [0.15, 0.2) is 0 Å². The Labute approximate surface area is 96.2 Å². The third-order valence-corrected chi connectivity index (χ3v) is 2.19.